The third-order valence-corrected chi connectivity index (χ3v) is 5.38. The van der Waals surface area contributed by atoms with Gasteiger partial charge in [0.1, 0.15) is 11.8 Å². The van der Waals surface area contributed by atoms with E-state index in [0.717, 1.165) is 23.1 Å². The fourth-order valence-corrected chi connectivity index (χ4v) is 3.58. The Labute approximate surface area is 197 Å². The van der Waals surface area contributed by atoms with Crippen LogP contribution in [0, 0.1) is 5.92 Å². The van der Waals surface area contributed by atoms with Crippen LogP contribution in [0.25, 0.3) is 16.5 Å². The molecule has 3 amide bonds. The first-order chi connectivity index (χ1) is 16.3. The Bertz CT molecular complexity index is 1270. The summed E-state index contributed by atoms with van der Waals surface area (Å²) in [7, 11) is 0. The minimum atomic E-state index is -0.509. The van der Waals surface area contributed by atoms with E-state index in [4.69, 9.17) is 0 Å². The van der Waals surface area contributed by atoms with Gasteiger partial charge in [-0.2, -0.15) is 0 Å². The number of phenols is 1. The van der Waals surface area contributed by atoms with Gasteiger partial charge in [0.15, 0.2) is 0 Å². The molecular weight excluding hydrogens is 434 g/mol. The molecule has 1 aliphatic heterocycles. The fourth-order valence-electron chi connectivity index (χ4n) is 3.58. The van der Waals surface area contributed by atoms with Crippen LogP contribution in [-0.2, 0) is 11.3 Å². The molecule has 2 aromatic heterocycles. The minimum Gasteiger partial charge on any atom is -0.508 e. The minimum absolute atomic E-state index is 0.0894. The second-order valence-corrected chi connectivity index (χ2v) is 7.86. The summed E-state index contributed by atoms with van der Waals surface area (Å²) in [5.41, 5.74) is 2.75. The number of hydrogen-bond acceptors (Lipinski definition) is 5. The molecule has 4 rings (SSSR count). The summed E-state index contributed by atoms with van der Waals surface area (Å²) in [6.07, 6.45) is 10.5. The molecule has 2 atom stereocenters. The van der Waals surface area contributed by atoms with Gasteiger partial charge in [-0.3, -0.25) is 29.7 Å². The third-order valence-electron chi connectivity index (χ3n) is 5.38. The molecule has 1 aliphatic rings. The van der Waals surface area contributed by atoms with Crippen LogP contribution in [-0.4, -0.2) is 37.9 Å². The highest BCUT2D eigenvalue weighted by Gasteiger charge is 2.32. The molecule has 9 nitrogen and oxygen atoms in total. The molecular formula is C25H29N5O4. The standard InChI is InChI=1S/C16H19N3O2.C9H10N2O2/c1-3-5-12(13-6-4-9-17-10-13)8-7-11(2)14-15(20)19-16(21)18-14;1-2-11-9(13)7-5-6(12)3-4-8(7)10-11/h4-11,14H,3H2,1-2H3,(H2,18,19,20,21);3-5,10,12H,2H2,1H3/b8-7-,12-5+;/t11?,14-;/m1./s1. The molecule has 1 aromatic carbocycles. The number of allylic oxidation sites excluding steroid dienone is 3. The molecule has 0 bridgehead atoms. The Balaban J connectivity index is 0.000000212. The monoisotopic (exact) mass is 463 g/mol. The molecule has 178 valence electrons. The van der Waals surface area contributed by atoms with Crippen LogP contribution in [0.1, 0.15) is 32.8 Å². The van der Waals surface area contributed by atoms with Crippen molar-refractivity contribution in [3.8, 4) is 5.75 Å². The Morgan fingerprint density at radius 3 is 2.65 bits per heavy atom. The predicted octanol–water partition coefficient (Wildman–Crippen LogP) is 3.33. The summed E-state index contributed by atoms with van der Waals surface area (Å²) in [5.74, 6) is -0.250. The zero-order valence-electron chi connectivity index (χ0n) is 19.4. The Hall–Kier alpha value is -4.14. The number of fused-ring (bicyclic) bond motifs is 1. The largest absolute Gasteiger partial charge is 0.508 e. The first kappa shape index (κ1) is 24.5. The SMILES string of the molecule is CC/C=C(\C=C/C(C)[C@H]1NC(=O)NC1=O)c1cccnc1.CCn1[nH]c2ccc(O)cc2c1=O. The maximum absolute atomic E-state index is 11.6. The lowest BCUT2D eigenvalue weighted by Gasteiger charge is -2.12. The first-order valence-corrected chi connectivity index (χ1v) is 11.2. The molecule has 1 saturated heterocycles. The Morgan fingerprint density at radius 2 is 2.03 bits per heavy atom. The van der Waals surface area contributed by atoms with Gasteiger partial charge in [0.05, 0.1) is 10.9 Å². The molecule has 1 fully saturated rings. The summed E-state index contributed by atoms with van der Waals surface area (Å²) in [6.45, 7) is 6.46. The molecule has 0 aliphatic carbocycles. The molecule has 0 spiro atoms. The average Bonchev–Trinajstić information content (AvgIpc) is 3.35. The van der Waals surface area contributed by atoms with Crippen LogP contribution in [0.5, 0.6) is 5.75 Å². The van der Waals surface area contributed by atoms with Crippen molar-refractivity contribution in [1.29, 1.82) is 0 Å². The van der Waals surface area contributed by atoms with E-state index in [2.05, 4.69) is 33.7 Å². The smallest absolute Gasteiger partial charge is 0.322 e. The number of benzene rings is 1. The lowest BCUT2D eigenvalue weighted by molar-refractivity contribution is -0.120. The van der Waals surface area contributed by atoms with Gasteiger partial charge < -0.3 is 10.4 Å². The van der Waals surface area contributed by atoms with Crippen LogP contribution in [0.15, 0.2) is 65.7 Å². The summed E-state index contributed by atoms with van der Waals surface area (Å²) < 4.78 is 1.50. The number of rotatable bonds is 6. The second-order valence-electron chi connectivity index (χ2n) is 7.86. The number of urea groups is 1. The van der Waals surface area contributed by atoms with Gasteiger partial charge in [0.2, 0.25) is 0 Å². The molecule has 9 heteroatoms. The molecule has 0 radical (unpaired) electrons. The summed E-state index contributed by atoms with van der Waals surface area (Å²) in [6, 6.07) is 7.66. The van der Waals surface area contributed by atoms with Crippen LogP contribution in [0.2, 0.25) is 0 Å². The van der Waals surface area contributed by atoms with E-state index in [1.165, 1.54) is 10.7 Å². The number of nitrogens with one attached hydrogen (secondary N) is 3. The number of carbonyl (C=O) groups is 2. The lowest BCUT2D eigenvalue weighted by Crippen LogP contribution is -2.34. The Kier molecular flexibility index (Phi) is 8.02. The zero-order chi connectivity index (χ0) is 24.7. The van der Waals surface area contributed by atoms with E-state index in [-0.39, 0.29) is 23.1 Å². The molecule has 3 heterocycles. The van der Waals surface area contributed by atoms with Crippen molar-refractivity contribution in [1.82, 2.24) is 25.4 Å². The van der Waals surface area contributed by atoms with Crippen LogP contribution >= 0.6 is 0 Å². The second kappa shape index (κ2) is 11.1. The van der Waals surface area contributed by atoms with Crippen molar-refractivity contribution in [2.45, 2.75) is 39.8 Å². The predicted molar refractivity (Wildman–Crippen MR) is 131 cm³/mol. The van der Waals surface area contributed by atoms with E-state index in [0.29, 0.717) is 11.9 Å². The summed E-state index contributed by atoms with van der Waals surface area (Å²) in [4.78, 5) is 38.4. The van der Waals surface area contributed by atoms with E-state index in [1.54, 1.807) is 24.5 Å². The quantitative estimate of drug-likeness (QED) is 0.329. The number of amides is 3. The number of imide groups is 1. The molecule has 1 unspecified atom stereocenters. The number of aromatic nitrogens is 3. The summed E-state index contributed by atoms with van der Waals surface area (Å²) >= 11 is 0. The van der Waals surface area contributed by atoms with Crippen molar-refractivity contribution < 1.29 is 14.7 Å². The third kappa shape index (κ3) is 5.80. The zero-order valence-corrected chi connectivity index (χ0v) is 19.4. The highest BCUT2D eigenvalue weighted by atomic mass is 16.3. The van der Waals surface area contributed by atoms with E-state index < -0.39 is 12.1 Å². The highest BCUT2D eigenvalue weighted by Crippen LogP contribution is 2.18. The number of aromatic amines is 1. The van der Waals surface area contributed by atoms with Crippen LogP contribution < -0.4 is 16.2 Å². The highest BCUT2D eigenvalue weighted by molar-refractivity contribution is 6.04. The average molecular weight is 464 g/mol. The van der Waals surface area contributed by atoms with Gasteiger partial charge in [-0.1, -0.05) is 38.1 Å². The number of aromatic hydroxyl groups is 1. The normalized spacial score (nSPS) is 16.8. The van der Waals surface area contributed by atoms with Gasteiger partial charge in [0.25, 0.3) is 11.5 Å². The number of phenolic OH excluding ortho intramolecular Hbond substituents is 1. The van der Waals surface area contributed by atoms with Crippen molar-refractivity contribution in [3.05, 3.63) is 76.9 Å². The van der Waals surface area contributed by atoms with Gasteiger partial charge in [0, 0.05) is 24.9 Å². The molecule has 4 N–H and O–H groups in total. The van der Waals surface area contributed by atoms with Crippen molar-refractivity contribution in [2.75, 3.05) is 0 Å². The fraction of sp³-hybridized carbons (Fsp3) is 0.280. The number of carbonyl (C=O) groups excluding carboxylic acids is 2. The van der Waals surface area contributed by atoms with Crippen molar-refractivity contribution in [2.24, 2.45) is 5.92 Å². The van der Waals surface area contributed by atoms with E-state index in [9.17, 15) is 19.5 Å². The first-order valence-electron chi connectivity index (χ1n) is 11.2. The number of H-pyrrole nitrogens is 1. The van der Waals surface area contributed by atoms with E-state index >= 15 is 0 Å². The van der Waals surface area contributed by atoms with Crippen molar-refractivity contribution >= 4 is 28.4 Å². The van der Waals surface area contributed by atoms with Gasteiger partial charge >= 0.3 is 6.03 Å². The van der Waals surface area contributed by atoms with Crippen molar-refractivity contribution in [3.63, 3.8) is 0 Å². The Morgan fingerprint density at radius 1 is 1.24 bits per heavy atom. The molecule has 0 saturated carbocycles. The number of hydrogen-bond donors (Lipinski definition) is 4. The van der Waals surface area contributed by atoms with Gasteiger partial charge in [-0.25, -0.2) is 4.79 Å². The topological polar surface area (TPSA) is 129 Å². The number of pyridine rings is 1. The molecule has 3 aromatic rings. The lowest BCUT2D eigenvalue weighted by atomic mass is 9.98. The van der Waals surface area contributed by atoms with E-state index in [1.807, 2.05) is 38.1 Å². The van der Waals surface area contributed by atoms with Gasteiger partial charge in [-0.05, 0) is 48.7 Å². The maximum atomic E-state index is 11.6. The summed E-state index contributed by atoms with van der Waals surface area (Å²) in [5, 5.41) is 17.5. The van der Waals surface area contributed by atoms with Gasteiger partial charge in [-0.15, -0.1) is 0 Å². The maximum Gasteiger partial charge on any atom is 0.322 e. The number of nitrogens with zero attached hydrogens (tertiary/aromatic N) is 2. The molecule has 34 heavy (non-hydrogen) atoms. The number of aryl methyl sites for hydroxylation is 1. The van der Waals surface area contributed by atoms with Crippen LogP contribution in [0.3, 0.4) is 0 Å². The van der Waals surface area contributed by atoms with Crippen LogP contribution in [0.4, 0.5) is 4.79 Å².